The molecular weight excluding hydrogens is 236 g/mol. The Morgan fingerprint density at radius 2 is 1.89 bits per heavy atom. The molecule has 0 unspecified atom stereocenters. The van der Waals surface area contributed by atoms with Gasteiger partial charge in [-0.05, 0) is 25.0 Å². The largest absolute Gasteiger partial charge is 0.493 e. The van der Waals surface area contributed by atoms with Gasteiger partial charge in [-0.3, -0.25) is 4.79 Å². The monoisotopic (exact) mass is 254 g/mol. The van der Waals surface area contributed by atoms with E-state index in [1.807, 2.05) is 0 Å². The first-order valence-electron chi connectivity index (χ1n) is 5.74. The van der Waals surface area contributed by atoms with Crippen molar-refractivity contribution in [2.75, 3.05) is 20.8 Å². The van der Waals surface area contributed by atoms with Crippen molar-refractivity contribution < 1.29 is 24.1 Å². The van der Waals surface area contributed by atoms with Gasteiger partial charge in [0.05, 0.1) is 20.8 Å². The van der Waals surface area contributed by atoms with Gasteiger partial charge < -0.3 is 19.3 Å². The zero-order valence-electron chi connectivity index (χ0n) is 10.6. The van der Waals surface area contributed by atoms with E-state index in [0.29, 0.717) is 36.7 Å². The lowest BCUT2D eigenvalue weighted by atomic mass is 10.2. The second kappa shape index (κ2) is 7.42. The summed E-state index contributed by atoms with van der Waals surface area (Å²) in [5.74, 6) is 1.17. The summed E-state index contributed by atoms with van der Waals surface area (Å²) >= 11 is 0. The number of carboxylic acid groups (broad SMARTS) is 1. The van der Waals surface area contributed by atoms with Crippen LogP contribution in [0, 0.1) is 0 Å². The summed E-state index contributed by atoms with van der Waals surface area (Å²) in [7, 11) is 3.14. The van der Waals surface area contributed by atoms with Crippen molar-refractivity contribution in [3.63, 3.8) is 0 Å². The normalized spacial score (nSPS) is 9.89. The van der Waals surface area contributed by atoms with Crippen molar-refractivity contribution in [1.82, 2.24) is 0 Å². The lowest BCUT2D eigenvalue weighted by molar-refractivity contribution is -0.137. The van der Waals surface area contributed by atoms with Crippen LogP contribution in [0.2, 0.25) is 0 Å². The number of unbranched alkanes of at least 4 members (excludes halogenated alkanes) is 1. The summed E-state index contributed by atoms with van der Waals surface area (Å²) in [5.41, 5.74) is 0. The van der Waals surface area contributed by atoms with Crippen LogP contribution in [0.3, 0.4) is 0 Å². The van der Waals surface area contributed by atoms with E-state index in [2.05, 4.69) is 0 Å². The third-order valence-corrected chi connectivity index (χ3v) is 2.41. The number of rotatable bonds is 8. The predicted molar refractivity (Wildman–Crippen MR) is 66.5 cm³/mol. The molecule has 0 aromatic heterocycles. The van der Waals surface area contributed by atoms with Gasteiger partial charge >= 0.3 is 5.97 Å². The Morgan fingerprint density at radius 1 is 1.17 bits per heavy atom. The molecule has 5 nitrogen and oxygen atoms in total. The molecule has 0 amide bonds. The van der Waals surface area contributed by atoms with Crippen molar-refractivity contribution in [2.45, 2.75) is 19.3 Å². The molecule has 5 heteroatoms. The lowest BCUT2D eigenvalue weighted by Crippen LogP contribution is -2.00. The molecule has 18 heavy (non-hydrogen) atoms. The Labute approximate surface area is 106 Å². The van der Waals surface area contributed by atoms with Crippen LogP contribution in [0.4, 0.5) is 0 Å². The van der Waals surface area contributed by atoms with Crippen LogP contribution in [-0.4, -0.2) is 31.9 Å². The fraction of sp³-hybridized carbons (Fsp3) is 0.462. The number of benzene rings is 1. The molecule has 1 aromatic rings. The van der Waals surface area contributed by atoms with Crippen molar-refractivity contribution in [1.29, 1.82) is 0 Å². The minimum absolute atomic E-state index is 0.176. The summed E-state index contributed by atoms with van der Waals surface area (Å²) in [6, 6.07) is 5.31. The average molecular weight is 254 g/mol. The molecule has 0 aliphatic rings. The fourth-order valence-electron chi connectivity index (χ4n) is 1.47. The van der Waals surface area contributed by atoms with E-state index in [1.165, 1.54) is 0 Å². The average Bonchev–Trinajstić information content (AvgIpc) is 2.37. The molecular formula is C13H18O5. The zero-order chi connectivity index (χ0) is 13.4. The zero-order valence-corrected chi connectivity index (χ0v) is 10.6. The van der Waals surface area contributed by atoms with E-state index in [-0.39, 0.29) is 6.42 Å². The van der Waals surface area contributed by atoms with Crippen LogP contribution in [0.5, 0.6) is 17.2 Å². The Morgan fingerprint density at radius 3 is 2.50 bits per heavy atom. The maximum Gasteiger partial charge on any atom is 0.303 e. The molecule has 0 atom stereocenters. The number of ether oxygens (including phenoxy) is 3. The van der Waals surface area contributed by atoms with E-state index in [9.17, 15) is 4.79 Å². The number of hydrogen-bond donors (Lipinski definition) is 1. The van der Waals surface area contributed by atoms with Gasteiger partial charge in [0.1, 0.15) is 5.75 Å². The van der Waals surface area contributed by atoms with Gasteiger partial charge in [-0.1, -0.05) is 0 Å². The van der Waals surface area contributed by atoms with Gasteiger partial charge in [-0.2, -0.15) is 0 Å². The molecule has 0 bridgehead atoms. The van der Waals surface area contributed by atoms with Crippen LogP contribution in [0.1, 0.15) is 19.3 Å². The summed E-state index contributed by atoms with van der Waals surface area (Å²) in [6.07, 6.45) is 1.50. The quantitative estimate of drug-likeness (QED) is 0.721. The van der Waals surface area contributed by atoms with Gasteiger partial charge in [-0.25, -0.2) is 0 Å². The maximum atomic E-state index is 10.3. The van der Waals surface area contributed by atoms with E-state index in [0.717, 1.165) is 0 Å². The first-order valence-corrected chi connectivity index (χ1v) is 5.74. The Bertz CT molecular complexity index is 389. The maximum absolute atomic E-state index is 10.3. The number of hydrogen-bond acceptors (Lipinski definition) is 4. The highest BCUT2D eigenvalue weighted by molar-refractivity contribution is 5.66. The molecule has 1 N–H and O–H groups in total. The summed E-state index contributed by atoms with van der Waals surface area (Å²) < 4.78 is 15.8. The van der Waals surface area contributed by atoms with Crippen molar-refractivity contribution in [3.8, 4) is 17.2 Å². The SMILES string of the molecule is COc1ccc(OCCCCC(=O)O)cc1OC. The molecule has 0 spiro atoms. The number of carbonyl (C=O) groups is 1. The third kappa shape index (κ3) is 4.53. The van der Waals surface area contributed by atoms with E-state index in [1.54, 1.807) is 32.4 Å². The van der Waals surface area contributed by atoms with Gasteiger partial charge in [0.2, 0.25) is 0 Å². The highest BCUT2D eigenvalue weighted by Gasteiger charge is 2.05. The fourth-order valence-corrected chi connectivity index (χ4v) is 1.47. The van der Waals surface area contributed by atoms with Crippen molar-refractivity contribution in [3.05, 3.63) is 18.2 Å². The number of aliphatic carboxylic acids is 1. The smallest absolute Gasteiger partial charge is 0.303 e. The molecule has 0 saturated heterocycles. The van der Waals surface area contributed by atoms with Gasteiger partial charge in [0.25, 0.3) is 0 Å². The molecule has 0 aliphatic heterocycles. The van der Waals surface area contributed by atoms with Gasteiger partial charge in [-0.15, -0.1) is 0 Å². The number of methoxy groups -OCH3 is 2. The van der Waals surface area contributed by atoms with E-state index < -0.39 is 5.97 Å². The highest BCUT2D eigenvalue weighted by Crippen LogP contribution is 2.30. The molecule has 1 rings (SSSR count). The lowest BCUT2D eigenvalue weighted by Gasteiger charge is -2.10. The highest BCUT2D eigenvalue weighted by atomic mass is 16.5. The molecule has 100 valence electrons. The van der Waals surface area contributed by atoms with Gasteiger partial charge in [0.15, 0.2) is 11.5 Å². The van der Waals surface area contributed by atoms with Crippen molar-refractivity contribution >= 4 is 5.97 Å². The summed E-state index contributed by atoms with van der Waals surface area (Å²) in [6.45, 7) is 0.489. The summed E-state index contributed by atoms with van der Waals surface area (Å²) in [5, 5.41) is 8.48. The minimum Gasteiger partial charge on any atom is -0.493 e. The van der Waals surface area contributed by atoms with Crippen molar-refractivity contribution in [2.24, 2.45) is 0 Å². The standard InChI is InChI=1S/C13H18O5/c1-16-11-7-6-10(9-12(11)17-2)18-8-4-3-5-13(14)15/h6-7,9H,3-5,8H2,1-2H3,(H,14,15). The first-order chi connectivity index (χ1) is 8.67. The Kier molecular flexibility index (Phi) is 5.84. The number of carboxylic acids is 1. The third-order valence-electron chi connectivity index (χ3n) is 2.41. The van der Waals surface area contributed by atoms with Crippen LogP contribution in [0.15, 0.2) is 18.2 Å². The molecule has 0 saturated carbocycles. The van der Waals surface area contributed by atoms with Crippen LogP contribution in [0.25, 0.3) is 0 Å². The molecule has 0 aliphatic carbocycles. The Balaban J connectivity index is 2.40. The predicted octanol–water partition coefficient (Wildman–Crippen LogP) is 2.34. The molecule has 0 radical (unpaired) electrons. The first kappa shape index (κ1) is 14.2. The topological polar surface area (TPSA) is 65.0 Å². The summed E-state index contributed by atoms with van der Waals surface area (Å²) in [4.78, 5) is 10.3. The minimum atomic E-state index is -0.777. The Hall–Kier alpha value is -1.91. The molecule has 0 fully saturated rings. The van der Waals surface area contributed by atoms with E-state index in [4.69, 9.17) is 19.3 Å². The molecule has 0 heterocycles. The second-order valence-electron chi connectivity index (χ2n) is 3.72. The van der Waals surface area contributed by atoms with Crippen LogP contribution < -0.4 is 14.2 Å². The van der Waals surface area contributed by atoms with Crippen LogP contribution in [-0.2, 0) is 4.79 Å². The second-order valence-corrected chi connectivity index (χ2v) is 3.72. The molecule has 1 aromatic carbocycles. The van der Waals surface area contributed by atoms with E-state index >= 15 is 0 Å². The van der Waals surface area contributed by atoms with Crippen LogP contribution >= 0.6 is 0 Å². The van der Waals surface area contributed by atoms with Gasteiger partial charge in [0, 0.05) is 12.5 Å².